The number of hydrogen-bond donors (Lipinski definition) is 2. The average Bonchev–Trinajstić information content (AvgIpc) is 2.15. The van der Waals surface area contributed by atoms with Gasteiger partial charge in [0.15, 0.2) is 0 Å². The molecule has 0 aliphatic rings. The van der Waals surface area contributed by atoms with E-state index in [0.717, 1.165) is 5.56 Å². The maximum absolute atomic E-state index is 7.41. The van der Waals surface area contributed by atoms with E-state index in [9.17, 15) is 0 Å². The van der Waals surface area contributed by atoms with E-state index in [2.05, 4.69) is 0 Å². The molecule has 0 aliphatic heterocycles. The van der Waals surface area contributed by atoms with Crippen molar-refractivity contribution < 1.29 is 9.47 Å². The molecule has 0 amide bonds. The van der Waals surface area contributed by atoms with E-state index in [1.54, 1.807) is 14.2 Å². The van der Waals surface area contributed by atoms with Gasteiger partial charge < -0.3 is 15.2 Å². The molecule has 4 heteroatoms. The molecule has 0 saturated heterocycles. The lowest BCUT2D eigenvalue weighted by molar-refractivity contribution is 0.392. The van der Waals surface area contributed by atoms with E-state index in [1.165, 1.54) is 0 Å². The highest BCUT2D eigenvalue weighted by atomic mass is 16.5. The van der Waals surface area contributed by atoms with Crippen LogP contribution >= 0.6 is 0 Å². The number of nitrogen functional groups attached to an aromatic ring is 1. The molecular formula is C10H14N2O2. The lowest BCUT2D eigenvalue weighted by Gasteiger charge is -2.12. The van der Waals surface area contributed by atoms with Crippen LogP contribution in [0.3, 0.4) is 0 Å². The van der Waals surface area contributed by atoms with Crippen LogP contribution in [0, 0.1) is 12.3 Å². The van der Waals surface area contributed by atoms with Gasteiger partial charge in [-0.1, -0.05) is 0 Å². The van der Waals surface area contributed by atoms with Crippen LogP contribution in [-0.2, 0) is 0 Å². The number of methoxy groups -OCH3 is 2. The maximum atomic E-state index is 7.41. The van der Waals surface area contributed by atoms with Gasteiger partial charge in [-0.05, 0) is 24.6 Å². The fourth-order valence-corrected chi connectivity index (χ4v) is 1.31. The standard InChI is InChI=1S/C10H14N2O2/c1-6-4-7(13-2)9(10(11)12)8(5-6)14-3/h4-5H,1-3H3,(H3,11,12). The third kappa shape index (κ3) is 1.79. The predicted octanol–water partition coefficient (Wildman–Crippen LogP) is 1.30. The van der Waals surface area contributed by atoms with Crippen LogP contribution in [-0.4, -0.2) is 20.1 Å². The number of nitrogens with one attached hydrogen (secondary N) is 1. The van der Waals surface area contributed by atoms with E-state index in [-0.39, 0.29) is 5.84 Å². The SMILES string of the molecule is COc1cc(C)cc(OC)c1C(=N)N. The summed E-state index contributed by atoms with van der Waals surface area (Å²) in [6.07, 6.45) is 0. The fraction of sp³-hybridized carbons (Fsp3) is 0.300. The highest BCUT2D eigenvalue weighted by Crippen LogP contribution is 2.29. The van der Waals surface area contributed by atoms with Gasteiger partial charge in [-0.25, -0.2) is 0 Å². The number of nitrogens with two attached hydrogens (primary N) is 1. The number of ether oxygens (including phenoxy) is 2. The van der Waals surface area contributed by atoms with E-state index in [0.29, 0.717) is 17.1 Å². The molecule has 1 aromatic rings. The normalized spacial score (nSPS) is 9.64. The second kappa shape index (κ2) is 4.00. The molecule has 0 bridgehead atoms. The highest BCUT2D eigenvalue weighted by Gasteiger charge is 2.13. The number of amidine groups is 1. The van der Waals surface area contributed by atoms with Crippen LogP contribution < -0.4 is 15.2 Å². The molecule has 0 heterocycles. The van der Waals surface area contributed by atoms with Gasteiger partial charge in [0, 0.05) is 0 Å². The van der Waals surface area contributed by atoms with Crippen LogP contribution in [0.15, 0.2) is 12.1 Å². The Bertz CT molecular complexity index is 336. The van der Waals surface area contributed by atoms with Crippen molar-refractivity contribution in [2.45, 2.75) is 6.92 Å². The summed E-state index contributed by atoms with van der Waals surface area (Å²) in [5, 5.41) is 7.41. The Morgan fingerprint density at radius 3 is 1.93 bits per heavy atom. The molecule has 0 unspecified atom stereocenters. The van der Waals surface area contributed by atoms with Crippen LogP contribution in [0.5, 0.6) is 11.5 Å². The number of hydrogen-bond acceptors (Lipinski definition) is 3. The lowest BCUT2D eigenvalue weighted by atomic mass is 10.1. The minimum Gasteiger partial charge on any atom is -0.496 e. The number of benzene rings is 1. The summed E-state index contributed by atoms with van der Waals surface area (Å²) in [7, 11) is 3.08. The fourth-order valence-electron chi connectivity index (χ4n) is 1.31. The molecule has 0 atom stereocenters. The van der Waals surface area contributed by atoms with E-state index >= 15 is 0 Å². The lowest BCUT2D eigenvalue weighted by Crippen LogP contribution is -2.14. The van der Waals surface area contributed by atoms with E-state index < -0.39 is 0 Å². The molecule has 76 valence electrons. The predicted molar refractivity (Wildman–Crippen MR) is 55.3 cm³/mol. The zero-order chi connectivity index (χ0) is 10.7. The van der Waals surface area contributed by atoms with Crippen molar-refractivity contribution in [2.75, 3.05) is 14.2 Å². The van der Waals surface area contributed by atoms with Crippen molar-refractivity contribution in [2.24, 2.45) is 5.73 Å². The molecule has 4 nitrogen and oxygen atoms in total. The minimum atomic E-state index is -0.0568. The quantitative estimate of drug-likeness (QED) is 0.563. The summed E-state index contributed by atoms with van der Waals surface area (Å²) in [6.45, 7) is 1.93. The summed E-state index contributed by atoms with van der Waals surface area (Å²) < 4.78 is 10.3. The Morgan fingerprint density at radius 1 is 1.21 bits per heavy atom. The summed E-state index contributed by atoms with van der Waals surface area (Å²) in [4.78, 5) is 0. The van der Waals surface area contributed by atoms with Crippen LogP contribution in [0.2, 0.25) is 0 Å². The molecule has 1 aromatic carbocycles. The van der Waals surface area contributed by atoms with Gasteiger partial charge in [-0.15, -0.1) is 0 Å². The van der Waals surface area contributed by atoms with Gasteiger partial charge in [-0.2, -0.15) is 0 Å². The van der Waals surface area contributed by atoms with Crippen LogP contribution in [0.1, 0.15) is 11.1 Å². The first-order chi connectivity index (χ1) is 6.60. The smallest absolute Gasteiger partial charge is 0.133 e. The Labute approximate surface area is 83.1 Å². The third-order valence-corrected chi connectivity index (χ3v) is 1.92. The molecule has 0 aliphatic carbocycles. The van der Waals surface area contributed by atoms with Crippen molar-refractivity contribution in [1.29, 1.82) is 5.41 Å². The Hall–Kier alpha value is -1.71. The Balaban J connectivity index is 3.40. The third-order valence-electron chi connectivity index (χ3n) is 1.92. The van der Waals surface area contributed by atoms with Gasteiger partial charge >= 0.3 is 0 Å². The summed E-state index contributed by atoms with van der Waals surface area (Å²) in [5.41, 5.74) is 6.94. The monoisotopic (exact) mass is 194 g/mol. The van der Waals surface area contributed by atoms with Crippen LogP contribution in [0.4, 0.5) is 0 Å². The number of rotatable bonds is 3. The molecule has 0 radical (unpaired) electrons. The minimum absolute atomic E-state index is 0.0568. The molecule has 0 fully saturated rings. The molecular weight excluding hydrogens is 180 g/mol. The van der Waals surface area contributed by atoms with Gasteiger partial charge in [0.05, 0.1) is 19.8 Å². The van der Waals surface area contributed by atoms with E-state index in [4.69, 9.17) is 20.6 Å². The largest absolute Gasteiger partial charge is 0.496 e. The van der Waals surface area contributed by atoms with Gasteiger partial charge in [0.2, 0.25) is 0 Å². The molecule has 3 N–H and O–H groups in total. The highest BCUT2D eigenvalue weighted by molar-refractivity contribution is 6.00. The molecule has 14 heavy (non-hydrogen) atoms. The topological polar surface area (TPSA) is 68.3 Å². The van der Waals surface area contributed by atoms with Gasteiger partial charge in [-0.3, -0.25) is 5.41 Å². The van der Waals surface area contributed by atoms with Crippen molar-refractivity contribution in [3.05, 3.63) is 23.3 Å². The second-order valence-corrected chi connectivity index (χ2v) is 2.96. The zero-order valence-corrected chi connectivity index (χ0v) is 8.55. The molecule has 1 rings (SSSR count). The first-order valence-electron chi connectivity index (χ1n) is 4.17. The van der Waals surface area contributed by atoms with Crippen molar-refractivity contribution in [3.63, 3.8) is 0 Å². The summed E-state index contributed by atoms with van der Waals surface area (Å²) in [6, 6.07) is 3.64. The molecule has 0 spiro atoms. The number of aryl methyl sites for hydroxylation is 1. The van der Waals surface area contributed by atoms with Crippen LogP contribution in [0.25, 0.3) is 0 Å². The zero-order valence-electron chi connectivity index (χ0n) is 8.55. The second-order valence-electron chi connectivity index (χ2n) is 2.96. The van der Waals surface area contributed by atoms with Crippen molar-refractivity contribution >= 4 is 5.84 Å². The molecule has 0 saturated carbocycles. The Kier molecular flexibility index (Phi) is 2.96. The van der Waals surface area contributed by atoms with Gasteiger partial charge in [0.25, 0.3) is 0 Å². The molecule has 0 aromatic heterocycles. The van der Waals surface area contributed by atoms with Crippen molar-refractivity contribution in [3.8, 4) is 11.5 Å². The van der Waals surface area contributed by atoms with E-state index in [1.807, 2.05) is 19.1 Å². The average molecular weight is 194 g/mol. The van der Waals surface area contributed by atoms with Gasteiger partial charge in [0.1, 0.15) is 17.3 Å². The summed E-state index contributed by atoms with van der Waals surface area (Å²) >= 11 is 0. The first kappa shape index (κ1) is 10.4. The van der Waals surface area contributed by atoms with Crippen molar-refractivity contribution in [1.82, 2.24) is 0 Å². The maximum Gasteiger partial charge on any atom is 0.133 e. The Morgan fingerprint density at radius 2 is 1.64 bits per heavy atom. The summed E-state index contributed by atoms with van der Waals surface area (Å²) in [5.74, 6) is 1.07. The first-order valence-corrected chi connectivity index (χ1v) is 4.17.